The fraction of sp³-hybridized carbons (Fsp3) is 0.176. The molecule has 0 aromatic carbocycles. The summed E-state index contributed by atoms with van der Waals surface area (Å²) in [7, 11) is 0. The Labute approximate surface area is 141 Å². The highest BCUT2D eigenvalue weighted by molar-refractivity contribution is 7.12. The lowest BCUT2D eigenvalue weighted by molar-refractivity contribution is 0.0897. The SMILES string of the molecule is Cc1ccsc1C(=O)[C@H](CC(=O)c1cccs1)c1ccsc1. The number of ketones is 2. The minimum Gasteiger partial charge on any atom is -0.293 e. The molecule has 0 fully saturated rings. The normalized spacial score (nSPS) is 12.2. The maximum absolute atomic E-state index is 12.9. The van der Waals surface area contributed by atoms with E-state index in [1.54, 1.807) is 11.3 Å². The summed E-state index contributed by atoms with van der Waals surface area (Å²) >= 11 is 4.43. The number of hydrogen-bond acceptors (Lipinski definition) is 5. The molecule has 22 heavy (non-hydrogen) atoms. The van der Waals surface area contributed by atoms with Crippen LogP contribution in [-0.4, -0.2) is 11.6 Å². The van der Waals surface area contributed by atoms with Gasteiger partial charge in [0.05, 0.1) is 15.7 Å². The lowest BCUT2D eigenvalue weighted by Gasteiger charge is -2.13. The van der Waals surface area contributed by atoms with Gasteiger partial charge in [0, 0.05) is 6.42 Å². The minimum absolute atomic E-state index is 0.0359. The van der Waals surface area contributed by atoms with E-state index in [-0.39, 0.29) is 18.0 Å². The van der Waals surface area contributed by atoms with Crippen molar-refractivity contribution in [1.82, 2.24) is 0 Å². The molecule has 3 aromatic heterocycles. The largest absolute Gasteiger partial charge is 0.293 e. The van der Waals surface area contributed by atoms with Crippen LogP contribution in [0.15, 0.2) is 45.8 Å². The molecule has 5 heteroatoms. The molecule has 0 unspecified atom stereocenters. The van der Waals surface area contributed by atoms with Gasteiger partial charge in [0.25, 0.3) is 0 Å². The summed E-state index contributed by atoms with van der Waals surface area (Å²) in [5, 5.41) is 7.73. The summed E-state index contributed by atoms with van der Waals surface area (Å²) in [6.07, 6.45) is 0.230. The first-order valence-corrected chi connectivity index (χ1v) is 9.54. The van der Waals surface area contributed by atoms with Crippen LogP contribution in [0.25, 0.3) is 0 Å². The van der Waals surface area contributed by atoms with Crippen molar-refractivity contribution in [2.45, 2.75) is 19.3 Å². The molecule has 1 atom stereocenters. The van der Waals surface area contributed by atoms with E-state index in [0.29, 0.717) is 0 Å². The second kappa shape index (κ2) is 6.69. The number of carbonyl (C=O) groups excluding carboxylic acids is 2. The molecule has 3 rings (SSSR count). The monoisotopic (exact) mass is 346 g/mol. The smallest absolute Gasteiger partial charge is 0.180 e. The van der Waals surface area contributed by atoms with E-state index in [9.17, 15) is 9.59 Å². The summed E-state index contributed by atoms with van der Waals surface area (Å²) < 4.78 is 0. The first-order valence-electron chi connectivity index (χ1n) is 6.84. The lowest BCUT2D eigenvalue weighted by atomic mass is 9.90. The molecule has 0 amide bonds. The summed E-state index contributed by atoms with van der Waals surface area (Å²) in [6, 6.07) is 7.57. The van der Waals surface area contributed by atoms with Crippen LogP contribution in [0, 0.1) is 6.92 Å². The molecular formula is C17H14O2S3. The van der Waals surface area contributed by atoms with Gasteiger partial charge in [-0.25, -0.2) is 0 Å². The molecule has 0 aliphatic heterocycles. The number of aryl methyl sites for hydroxylation is 1. The lowest BCUT2D eigenvalue weighted by Crippen LogP contribution is -2.16. The average molecular weight is 346 g/mol. The van der Waals surface area contributed by atoms with Crippen LogP contribution in [0.3, 0.4) is 0 Å². The van der Waals surface area contributed by atoms with E-state index < -0.39 is 5.92 Å². The zero-order valence-electron chi connectivity index (χ0n) is 11.9. The molecule has 2 nitrogen and oxygen atoms in total. The van der Waals surface area contributed by atoms with Crippen LogP contribution in [0.1, 0.15) is 42.8 Å². The predicted molar refractivity (Wildman–Crippen MR) is 93.7 cm³/mol. The van der Waals surface area contributed by atoms with E-state index in [0.717, 1.165) is 20.9 Å². The van der Waals surface area contributed by atoms with E-state index in [4.69, 9.17) is 0 Å². The van der Waals surface area contributed by atoms with Gasteiger partial charge in [-0.2, -0.15) is 11.3 Å². The number of carbonyl (C=O) groups is 2. The Hall–Kier alpha value is -1.56. The highest BCUT2D eigenvalue weighted by atomic mass is 32.1. The van der Waals surface area contributed by atoms with Crippen molar-refractivity contribution in [3.63, 3.8) is 0 Å². The van der Waals surface area contributed by atoms with Crippen molar-refractivity contribution in [1.29, 1.82) is 0 Å². The van der Waals surface area contributed by atoms with Crippen molar-refractivity contribution < 1.29 is 9.59 Å². The van der Waals surface area contributed by atoms with Gasteiger partial charge in [0.1, 0.15) is 0 Å². The van der Waals surface area contributed by atoms with Gasteiger partial charge in [-0.1, -0.05) is 6.07 Å². The van der Waals surface area contributed by atoms with Crippen LogP contribution >= 0.6 is 34.0 Å². The van der Waals surface area contributed by atoms with E-state index >= 15 is 0 Å². The van der Waals surface area contributed by atoms with Gasteiger partial charge in [-0.3, -0.25) is 9.59 Å². The second-order valence-corrected chi connectivity index (χ2v) is 7.65. The minimum atomic E-state index is -0.391. The molecule has 112 valence electrons. The molecule has 3 heterocycles. The van der Waals surface area contributed by atoms with Gasteiger partial charge >= 0.3 is 0 Å². The molecule has 0 bridgehead atoms. The van der Waals surface area contributed by atoms with E-state index in [1.165, 1.54) is 22.7 Å². The molecular weight excluding hydrogens is 332 g/mol. The van der Waals surface area contributed by atoms with Gasteiger partial charge in [-0.15, -0.1) is 22.7 Å². The molecule has 0 N–H and O–H groups in total. The third-order valence-corrected chi connectivity index (χ3v) is 6.18. The quantitative estimate of drug-likeness (QED) is 0.559. The first-order chi connectivity index (χ1) is 10.7. The third kappa shape index (κ3) is 3.11. The van der Waals surface area contributed by atoms with Crippen molar-refractivity contribution in [2.75, 3.05) is 0 Å². The highest BCUT2D eigenvalue weighted by Gasteiger charge is 2.27. The predicted octanol–water partition coefficient (Wildman–Crippen LogP) is 5.42. The van der Waals surface area contributed by atoms with Gasteiger partial charge in [0.2, 0.25) is 0 Å². The van der Waals surface area contributed by atoms with Gasteiger partial charge < -0.3 is 0 Å². The Kier molecular flexibility index (Phi) is 4.66. The Morgan fingerprint density at radius 1 is 1.09 bits per heavy atom. The summed E-state index contributed by atoms with van der Waals surface area (Å²) in [4.78, 5) is 26.8. The maximum atomic E-state index is 12.9. The topological polar surface area (TPSA) is 34.1 Å². The second-order valence-electron chi connectivity index (χ2n) is 5.01. The van der Waals surface area contributed by atoms with Crippen LogP contribution in [0.2, 0.25) is 0 Å². The van der Waals surface area contributed by atoms with Crippen molar-refractivity contribution in [2.24, 2.45) is 0 Å². The van der Waals surface area contributed by atoms with Crippen LogP contribution in [-0.2, 0) is 0 Å². The fourth-order valence-electron chi connectivity index (χ4n) is 2.34. The first kappa shape index (κ1) is 15.3. The maximum Gasteiger partial charge on any atom is 0.180 e. The van der Waals surface area contributed by atoms with Crippen LogP contribution in [0.4, 0.5) is 0 Å². The highest BCUT2D eigenvalue weighted by Crippen LogP contribution is 2.31. The number of hydrogen-bond donors (Lipinski definition) is 0. The summed E-state index contributed by atoms with van der Waals surface area (Å²) in [5.74, 6) is -0.303. The summed E-state index contributed by atoms with van der Waals surface area (Å²) in [5.41, 5.74) is 1.92. The third-order valence-electron chi connectivity index (χ3n) is 3.53. The van der Waals surface area contributed by atoms with E-state index in [2.05, 4.69) is 0 Å². The van der Waals surface area contributed by atoms with Crippen LogP contribution in [0.5, 0.6) is 0 Å². The number of thiophene rings is 3. The average Bonchev–Trinajstić information content (AvgIpc) is 3.24. The van der Waals surface area contributed by atoms with E-state index in [1.807, 2.05) is 52.7 Å². The Balaban J connectivity index is 1.90. The van der Waals surface area contributed by atoms with Gasteiger partial charge in [-0.05, 0) is 57.8 Å². The molecule has 0 radical (unpaired) electrons. The van der Waals surface area contributed by atoms with Gasteiger partial charge in [0.15, 0.2) is 11.6 Å². The molecule has 0 aliphatic carbocycles. The zero-order chi connectivity index (χ0) is 15.5. The van der Waals surface area contributed by atoms with Crippen molar-refractivity contribution in [3.05, 3.63) is 66.7 Å². The standard InChI is InChI=1S/C17H14O2S3/c1-11-4-8-22-17(11)16(19)13(12-5-7-20-10-12)9-14(18)15-3-2-6-21-15/h2-8,10,13H,9H2,1H3/t13-/m1/s1. The van der Waals surface area contributed by atoms with Crippen molar-refractivity contribution in [3.8, 4) is 0 Å². The molecule has 0 aliphatic rings. The van der Waals surface area contributed by atoms with Crippen molar-refractivity contribution >= 4 is 45.6 Å². The molecule has 0 saturated carbocycles. The molecule has 0 saturated heterocycles. The molecule has 0 spiro atoms. The Morgan fingerprint density at radius 2 is 1.95 bits per heavy atom. The zero-order valence-corrected chi connectivity index (χ0v) is 14.4. The number of Topliss-reactive ketones (excluding diaryl/α,β-unsaturated/α-hetero) is 2. The fourth-order valence-corrected chi connectivity index (χ4v) is 4.65. The summed E-state index contributed by atoms with van der Waals surface area (Å²) in [6.45, 7) is 1.94. The van der Waals surface area contributed by atoms with Crippen LogP contribution < -0.4 is 0 Å². The Morgan fingerprint density at radius 3 is 2.55 bits per heavy atom. The number of rotatable bonds is 6. The molecule has 3 aromatic rings. The Bertz CT molecular complexity index is 767.